The summed E-state index contributed by atoms with van der Waals surface area (Å²) in [6, 6.07) is 0. The van der Waals surface area contributed by atoms with Crippen LogP contribution in [-0.4, -0.2) is 52.3 Å². The van der Waals surface area contributed by atoms with E-state index in [1.165, 1.54) is 0 Å². The van der Waals surface area contributed by atoms with E-state index in [-0.39, 0.29) is 25.1 Å². The number of nitrogens with zero attached hydrogens (tertiary/aromatic N) is 1. The summed E-state index contributed by atoms with van der Waals surface area (Å²) in [5, 5.41) is 0. The largest absolute Gasteiger partial charge is 0.462 e. The lowest BCUT2D eigenvalue weighted by Gasteiger charge is -2.27. The number of carbonyl (C=O) groups is 2. The zero-order valence-electron chi connectivity index (χ0n) is 10.5. The molecular formula is C11H16Br3NO4. The standard InChI is InChI=1S/C11H16Br3NO4/c1-15-4-2-8(3-5-15)9(16)18-6-7-19-10(17)11(12,13)14/h8H,2-7H2,1H3. The van der Waals surface area contributed by atoms with E-state index >= 15 is 0 Å². The molecule has 0 saturated carbocycles. The monoisotopic (exact) mass is 463 g/mol. The SMILES string of the molecule is CN1CCC(C(=O)OCCOC(=O)C(Br)(Br)Br)CC1. The number of hydrogen-bond acceptors (Lipinski definition) is 5. The van der Waals surface area contributed by atoms with Crippen LogP contribution >= 0.6 is 47.8 Å². The minimum atomic E-state index is -1.08. The third kappa shape index (κ3) is 6.55. The van der Waals surface area contributed by atoms with Crippen LogP contribution in [-0.2, 0) is 19.1 Å². The molecule has 5 nitrogen and oxygen atoms in total. The van der Waals surface area contributed by atoms with E-state index in [9.17, 15) is 9.59 Å². The Hall–Kier alpha value is 0.340. The van der Waals surface area contributed by atoms with Gasteiger partial charge in [-0.1, -0.05) is 0 Å². The first-order chi connectivity index (χ1) is 8.80. The van der Waals surface area contributed by atoms with Crippen LogP contribution in [0.1, 0.15) is 12.8 Å². The number of rotatable bonds is 4. The van der Waals surface area contributed by atoms with Gasteiger partial charge in [-0.25, -0.2) is 4.79 Å². The van der Waals surface area contributed by atoms with Crippen molar-refractivity contribution >= 4 is 59.7 Å². The topological polar surface area (TPSA) is 55.8 Å². The predicted molar refractivity (Wildman–Crippen MR) is 81.7 cm³/mol. The average Bonchev–Trinajstić information content (AvgIpc) is 2.33. The quantitative estimate of drug-likeness (QED) is 0.362. The summed E-state index contributed by atoms with van der Waals surface area (Å²) in [5.74, 6) is -0.760. The van der Waals surface area contributed by atoms with Crippen molar-refractivity contribution in [2.45, 2.75) is 15.0 Å². The molecule has 110 valence electrons. The van der Waals surface area contributed by atoms with Crippen molar-refractivity contribution in [1.82, 2.24) is 4.90 Å². The first-order valence-corrected chi connectivity index (χ1v) is 8.27. The minimum Gasteiger partial charge on any atom is -0.462 e. The number of piperidine rings is 1. The van der Waals surface area contributed by atoms with Crippen molar-refractivity contribution in [3.63, 3.8) is 0 Å². The Labute approximate surface area is 137 Å². The summed E-state index contributed by atoms with van der Waals surface area (Å²) in [6.45, 7) is 1.95. The van der Waals surface area contributed by atoms with Gasteiger partial charge < -0.3 is 14.4 Å². The molecule has 1 heterocycles. The normalized spacial score (nSPS) is 18.1. The molecule has 0 aromatic heterocycles. The summed E-state index contributed by atoms with van der Waals surface area (Å²) < 4.78 is 8.92. The lowest BCUT2D eigenvalue weighted by Crippen LogP contribution is -2.34. The Morgan fingerprint density at radius 1 is 1.16 bits per heavy atom. The minimum absolute atomic E-state index is 0.0329. The zero-order valence-corrected chi connectivity index (χ0v) is 15.3. The van der Waals surface area contributed by atoms with Gasteiger partial charge in [-0.3, -0.25) is 4.79 Å². The summed E-state index contributed by atoms with van der Waals surface area (Å²) in [4.78, 5) is 25.3. The fraction of sp³-hybridized carbons (Fsp3) is 0.818. The third-order valence-electron chi connectivity index (χ3n) is 2.84. The van der Waals surface area contributed by atoms with Crippen LogP contribution < -0.4 is 0 Å². The van der Waals surface area contributed by atoms with Crippen LogP contribution in [0.2, 0.25) is 0 Å². The molecule has 0 N–H and O–H groups in total. The van der Waals surface area contributed by atoms with Crippen LogP contribution in [0.4, 0.5) is 0 Å². The Morgan fingerprint density at radius 2 is 1.68 bits per heavy atom. The van der Waals surface area contributed by atoms with E-state index in [4.69, 9.17) is 9.47 Å². The van der Waals surface area contributed by atoms with Gasteiger partial charge in [0.25, 0.3) is 0 Å². The first-order valence-electron chi connectivity index (χ1n) is 5.90. The Kier molecular flexibility index (Phi) is 7.28. The van der Waals surface area contributed by atoms with Crippen LogP contribution in [0.5, 0.6) is 0 Å². The Bertz CT molecular complexity index is 324. The number of halogens is 3. The number of carbonyl (C=O) groups excluding carboxylic acids is 2. The van der Waals surface area contributed by atoms with Crippen molar-refractivity contribution in [1.29, 1.82) is 0 Å². The molecule has 0 aromatic carbocycles. The van der Waals surface area contributed by atoms with Crippen LogP contribution in [0.25, 0.3) is 0 Å². The molecule has 0 radical (unpaired) electrons. The number of hydrogen-bond donors (Lipinski definition) is 0. The Balaban J connectivity index is 2.16. The van der Waals surface area contributed by atoms with Gasteiger partial charge >= 0.3 is 11.9 Å². The maximum Gasteiger partial charge on any atom is 0.345 e. The molecule has 8 heteroatoms. The molecule has 19 heavy (non-hydrogen) atoms. The molecule has 0 aromatic rings. The molecule has 0 unspecified atom stereocenters. The molecular weight excluding hydrogens is 450 g/mol. The highest BCUT2D eigenvalue weighted by Crippen LogP contribution is 2.34. The van der Waals surface area contributed by atoms with Crippen molar-refractivity contribution in [3.05, 3.63) is 0 Å². The van der Waals surface area contributed by atoms with Crippen molar-refractivity contribution in [3.8, 4) is 0 Å². The molecule has 1 aliphatic heterocycles. The molecule has 1 aliphatic rings. The van der Waals surface area contributed by atoms with E-state index in [0.29, 0.717) is 0 Å². The van der Waals surface area contributed by atoms with Gasteiger partial charge in [0.1, 0.15) is 13.2 Å². The fourth-order valence-corrected chi connectivity index (χ4v) is 2.06. The van der Waals surface area contributed by atoms with Crippen LogP contribution in [0, 0.1) is 5.92 Å². The van der Waals surface area contributed by atoms with Crippen molar-refractivity contribution < 1.29 is 19.1 Å². The number of alkyl halides is 3. The summed E-state index contributed by atoms with van der Waals surface area (Å²) in [5.41, 5.74) is 0. The van der Waals surface area contributed by atoms with Crippen LogP contribution in [0.15, 0.2) is 0 Å². The molecule has 1 rings (SSSR count). The highest BCUT2D eigenvalue weighted by atomic mass is 80.0. The van der Waals surface area contributed by atoms with E-state index in [1.807, 2.05) is 7.05 Å². The molecule has 1 saturated heterocycles. The lowest BCUT2D eigenvalue weighted by atomic mass is 9.97. The average molecular weight is 466 g/mol. The molecule has 0 aliphatic carbocycles. The Morgan fingerprint density at radius 3 is 2.21 bits per heavy atom. The van der Waals surface area contributed by atoms with E-state index in [0.717, 1.165) is 25.9 Å². The zero-order chi connectivity index (χ0) is 14.5. The highest BCUT2D eigenvalue weighted by Gasteiger charge is 2.30. The highest BCUT2D eigenvalue weighted by molar-refractivity contribution is 9.40. The second-order valence-electron chi connectivity index (χ2n) is 4.38. The summed E-state index contributed by atoms with van der Waals surface area (Å²) in [7, 11) is 2.04. The van der Waals surface area contributed by atoms with Gasteiger partial charge in [0.15, 0.2) is 0 Å². The van der Waals surface area contributed by atoms with E-state index in [2.05, 4.69) is 52.7 Å². The van der Waals surface area contributed by atoms with Gasteiger partial charge in [-0.2, -0.15) is 0 Å². The second-order valence-corrected chi connectivity index (χ2v) is 11.1. The maximum atomic E-state index is 11.7. The first kappa shape index (κ1) is 17.4. The maximum absolute atomic E-state index is 11.7. The second kappa shape index (κ2) is 7.95. The van der Waals surface area contributed by atoms with Gasteiger partial charge in [0.2, 0.25) is 2.14 Å². The predicted octanol–water partition coefficient (Wildman–Crippen LogP) is 2.25. The van der Waals surface area contributed by atoms with Crippen LogP contribution in [0.3, 0.4) is 0 Å². The van der Waals surface area contributed by atoms with Gasteiger partial charge in [0.05, 0.1) is 5.92 Å². The number of esters is 2. The lowest BCUT2D eigenvalue weighted by molar-refractivity contribution is -0.155. The van der Waals surface area contributed by atoms with E-state index in [1.54, 1.807) is 0 Å². The fourth-order valence-electron chi connectivity index (χ4n) is 1.72. The molecule has 0 amide bonds. The number of likely N-dealkylation sites (tertiary alicyclic amines) is 1. The smallest absolute Gasteiger partial charge is 0.345 e. The molecule has 0 atom stereocenters. The molecule has 0 spiro atoms. The van der Waals surface area contributed by atoms with Crippen molar-refractivity contribution in [2.75, 3.05) is 33.4 Å². The van der Waals surface area contributed by atoms with Gasteiger partial charge in [-0.05, 0) is 80.8 Å². The number of ether oxygens (including phenoxy) is 2. The summed E-state index contributed by atoms with van der Waals surface area (Å²) in [6.07, 6.45) is 1.64. The molecule has 0 bridgehead atoms. The van der Waals surface area contributed by atoms with E-state index < -0.39 is 8.11 Å². The van der Waals surface area contributed by atoms with Gasteiger partial charge in [0, 0.05) is 0 Å². The van der Waals surface area contributed by atoms with Gasteiger partial charge in [-0.15, -0.1) is 0 Å². The molecule has 1 fully saturated rings. The summed E-state index contributed by atoms with van der Waals surface area (Å²) >= 11 is 9.12. The van der Waals surface area contributed by atoms with Crippen molar-refractivity contribution in [2.24, 2.45) is 5.92 Å². The third-order valence-corrected chi connectivity index (χ3v) is 3.82.